The normalized spacial score (nSPS) is 11.5. The molecule has 126 valence electrons. The second-order valence-corrected chi connectivity index (χ2v) is 5.66. The number of nitrogens with one attached hydrogen (secondary N) is 1. The first kappa shape index (κ1) is 17.5. The highest BCUT2D eigenvalue weighted by Gasteiger charge is 2.19. The summed E-state index contributed by atoms with van der Waals surface area (Å²) in [5.41, 5.74) is 2.35. The molecule has 2 rings (SSSR count). The minimum Gasteiger partial charge on any atom is -0.469 e. The van der Waals surface area contributed by atoms with Crippen LogP contribution in [0, 0.1) is 0 Å². The first-order chi connectivity index (χ1) is 11.5. The highest BCUT2D eigenvalue weighted by molar-refractivity contribution is 5.95. The maximum absolute atomic E-state index is 12.6. The predicted octanol–water partition coefficient (Wildman–Crippen LogP) is 2.79. The first-order valence-corrected chi connectivity index (χ1v) is 7.71. The molecule has 0 aliphatic heterocycles. The summed E-state index contributed by atoms with van der Waals surface area (Å²) in [6, 6.07) is 16.3. The van der Waals surface area contributed by atoms with E-state index in [2.05, 4.69) is 5.32 Å². The zero-order valence-corrected chi connectivity index (χ0v) is 14.2. The topological polar surface area (TPSA) is 58.6 Å². The maximum atomic E-state index is 12.6. The molecule has 0 bridgehead atoms. The number of hydrogen-bond acceptors (Lipinski definition) is 4. The number of esters is 1. The zero-order valence-electron chi connectivity index (χ0n) is 14.2. The predicted molar refractivity (Wildman–Crippen MR) is 94.1 cm³/mol. The lowest BCUT2D eigenvalue weighted by Gasteiger charge is -2.19. The molecule has 24 heavy (non-hydrogen) atoms. The SMILES string of the molecule is COC(=O)CC(NC(=O)c1cccc(N(C)C)c1)c1ccccc1. The maximum Gasteiger partial charge on any atom is 0.307 e. The Labute approximate surface area is 142 Å². The Hall–Kier alpha value is -2.82. The second kappa shape index (κ2) is 8.15. The summed E-state index contributed by atoms with van der Waals surface area (Å²) in [6.07, 6.45) is 0.0830. The van der Waals surface area contributed by atoms with Gasteiger partial charge in [-0.15, -0.1) is 0 Å². The van der Waals surface area contributed by atoms with Crippen LogP contribution in [0.15, 0.2) is 54.6 Å². The molecule has 1 N–H and O–H groups in total. The molecule has 1 amide bonds. The number of ether oxygens (including phenoxy) is 1. The van der Waals surface area contributed by atoms with Crippen LogP contribution in [-0.2, 0) is 9.53 Å². The Kier molecular flexibility index (Phi) is 5.95. The average molecular weight is 326 g/mol. The molecule has 0 saturated heterocycles. The molecule has 2 aromatic rings. The third-order valence-electron chi connectivity index (χ3n) is 3.73. The van der Waals surface area contributed by atoms with Gasteiger partial charge in [0, 0.05) is 25.3 Å². The third kappa shape index (κ3) is 4.59. The van der Waals surface area contributed by atoms with Gasteiger partial charge < -0.3 is 15.0 Å². The van der Waals surface area contributed by atoms with E-state index >= 15 is 0 Å². The van der Waals surface area contributed by atoms with E-state index in [1.54, 1.807) is 6.07 Å². The van der Waals surface area contributed by atoms with Gasteiger partial charge in [0.05, 0.1) is 19.6 Å². The van der Waals surface area contributed by atoms with Crippen LogP contribution in [0.2, 0.25) is 0 Å². The molecule has 5 heteroatoms. The molecule has 0 saturated carbocycles. The van der Waals surface area contributed by atoms with Crippen molar-refractivity contribution in [2.45, 2.75) is 12.5 Å². The first-order valence-electron chi connectivity index (χ1n) is 7.71. The van der Waals surface area contributed by atoms with Crippen LogP contribution in [0.1, 0.15) is 28.4 Å². The van der Waals surface area contributed by atoms with Crippen molar-refractivity contribution in [3.8, 4) is 0 Å². The number of nitrogens with zero attached hydrogens (tertiary/aromatic N) is 1. The fourth-order valence-corrected chi connectivity index (χ4v) is 2.35. The molecule has 0 heterocycles. The molecule has 5 nitrogen and oxygen atoms in total. The van der Waals surface area contributed by atoms with Crippen molar-refractivity contribution in [2.24, 2.45) is 0 Å². The second-order valence-electron chi connectivity index (χ2n) is 5.66. The van der Waals surface area contributed by atoms with Crippen LogP contribution in [0.5, 0.6) is 0 Å². The standard InChI is InChI=1S/C19H22N2O3/c1-21(2)16-11-7-10-15(12-16)19(23)20-17(13-18(22)24-3)14-8-5-4-6-9-14/h4-12,17H,13H2,1-3H3,(H,20,23). The van der Waals surface area contributed by atoms with E-state index < -0.39 is 6.04 Å². The van der Waals surface area contributed by atoms with Crippen LogP contribution in [0.4, 0.5) is 5.69 Å². The number of benzene rings is 2. The van der Waals surface area contributed by atoms with E-state index in [-0.39, 0.29) is 18.3 Å². The quantitative estimate of drug-likeness (QED) is 0.829. The molecule has 0 spiro atoms. The average Bonchev–Trinajstić information content (AvgIpc) is 2.61. The molecule has 0 aliphatic carbocycles. The Morgan fingerprint density at radius 1 is 1.08 bits per heavy atom. The van der Waals surface area contributed by atoms with E-state index in [4.69, 9.17) is 4.74 Å². The van der Waals surface area contributed by atoms with Gasteiger partial charge in [-0.05, 0) is 23.8 Å². The van der Waals surface area contributed by atoms with E-state index in [9.17, 15) is 9.59 Å². The van der Waals surface area contributed by atoms with Gasteiger partial charge >= 0.3 is 5.97 Å². The number of carbonyl (C=O) groups excluding carboxylic acids is 2. The fraction of sp³-hybridized carbons (Fsp3) is 0.263. The van der Waals surface area contributed by atoms with Crippen molar-refractivity contribution >= 4 is 17.6 Å². The molecule has 0 aliphatic rings. The number of carbonyl (C=O) groups is 2. The number of methoxy groups -OCH3 is 1. The minimum atomic E-state index is -0.436. The van der Waals surface area contributed by atoms with E-state index in [1.807, 2.05) is 67.5 Å². The van der Waals surface area contributed by atoms with Gasteiger partial charge in [-0.2, -0.15) is 0 Å². The lowest BCUT2D eigenvalue weighted by atomic mass is 10.0. The molecule has 0 aromatic heterocycles. The highest BCUT2D eigenvalue weighted by atomic mass is 16.5. The Morgan fingerprint density at radius 3 is 2.42 bits per heavy atom. The van der Waals surface area contributed by atoms with Gasteiger partial charge in [0.2, 0.25) is 0 Å². The summed E-state index contributed by atoms with van der Waals surface area (Å²) in [5.74, 6) is -0.595. The molecule has 0 fully saturated rings. The fourth-order valence-electron chi connectivity index (χ4n) is 2.35. The summed E-state index contributed by atoms with van der Waals surface area (Å²) >= 11 is 0. The van der Waals surface area contributed by atoms with Gasteiger partial charge in [0.15, 0.2) is 0 Å². The van der Waals surface area contributed by atoms with Gasteiger partial charge in [0.1, 0.15) is 0 Å². The van der Waals surface area contributed by atoms with E-state index in [0.717, 1.165) is 11.3 Å². The van der Waals surface area contributed by atoms with Crippen LogP contribution in [-0.4, -0.2) is 33.1 Å². The van der Waals surface area contributed by atoms with Gasteiger partial charge in [0.25, 0.3) is 5.91 Å². The summed E-state index contributed by atoms with van der Waals surface area (Å²) in [6.45, 7) is 0. The third-order valence-corrected chi connectivity index (χ3v) is 3.73. The van der Waals surface area contributed by atoms with Crippen LogP contribution >= 0.6 is 0 Å². The molecule has 1 atom stereocenters. The minimum absolute atomic E-state index is 0.0830. The zero-order chi connectivity index (χ0) is 17.5. The van der Waals surface area contributed by atoms with Gasteiger partial charge in [-0.25, -0.2) is 0 Å². The van der Waals surface area contributed by atoms with Crippen molar-refractivity contribution in [1.82, 2.24) is 5.32 Å². The van der Waals surface area contributed by atoms with Crippen molar-refractivity contribution in [3.63, 3.8) is 0 Å². The van der Waals surface area contributed by atoms with Crippen LogP contribution in [0.25, 0.3) is 0 Å². The van der Waals surface area contributed by atoms with Crippen molar-refractivity contribution < 1.29 is 14.3 Å². The van der Waals surface area contributed by atoms with Crippen molar-refractivity contribution in [3.05, 3.63) is 65.7 Å². The van der Waals surface area contributed by atoms with Gasteiger partial charge in [-0.1, -0.05) is 36.4 Å². The van der Waals surface area contributed by atoms with Gasteiger partial charge in [-0.3, -0.25) is 9.59 Å². The Morgan fingerprint density at radius 2 is 1.79 bits per heavy atom. The van der Waals surface area contributed by atoms with E-state index in [0.29, 0.717) is 5.56 Å². The molecule has 0 radical (unpaired) electrons. The lowest BCUT2D eigenvalue weighted by molar-refractivity contribution is -0.141. The van der Waals surface area contributed by atoms with E-state index in [1.165, 1.54) is 7.11 Å². The largest absolute Gasteiger partial charge is 0.469 e. The Bertz CT molecular complexity index is 699. The number of amides is 1. The molecular weight excluding hydrogens is 304 g/mol. The monoisotopic (exact) mass is 326 g/mol. The number of anilines is 1. The summed E-state index contributed by atoms with van der Waals surface area (Å²) in [5, 5.41) is 2.92. The van der Waals surface area contributed by atoms with Crippen molar-refractivity contribution in [1.29, 1.82) is 0 Å². The van der Waals surface area contributed by atoms with Crippen LogP contribution in [0.3, 0.4) is 0 Å². The number of hydrogen-bond donors (Lipinski definition) is 1. The summed E-state index contributed by atoms with van der Waals surface area (Å²) in [4.78, 5) is 26.2. The Balaban J connectivity index is 2.21. The lowest BCUT2D eigenvalue weighted by Crippen LogP contribution is -2.30. The molecular formula is C19H22N2O3. The molecule has 1 unspecified atom stereocenters. The molecule has 2 aromatic carbocycles. The number of rotatable bonds is 6. The highest BCUT2D eigenvalue weighted by Crippen LogP contribution is 2.19. The summed E-state index contributed by atoms with van der Waals surface area (Å²) in [7, 11) is 5.18. The van der Waals surface area contributed by atoms with Crippen LogP contribution < -0.4 is 10.2 Å². The van der Waals surface area contributed by atoms with Crippen molar-refractivity contribution in [2.75, 3.05) is 26.1 Å². The smallest absolute Gasteiger partial charge is 0.307 e. The summed E-state index contributed by atoms with van der Waals surface area (Å²) < 4.78 is 4.74.